The smallest absolute Gasteiger partial charge is 0.227 e. The van der Waals surface area contributed by atoms with Gasteiger partial charge in [-0.15, -0.1) is 0 Å². The summed E-state index contributed by atoms with van der Waals surface area (Å²) in [7, 11) is 1.97. The van der Waals surface area contributed by atoms with Crippen LogP contribution in [-0.2, 0) is 13.6 Å². The number of aryl methyl sites for hydroxylation is 1. The van der Waals surface area contributed by atoms with Gasteiger partial charge in [-0.1, -0.05) is 73.9 Å². The number of aromatic nitrogens is 4. The highest BCUT2D eigenvalue weighted by atomic mass is 32.1. The van der Waals surface area contributed by atoms with Gasteiger partial charge in [-0.05, 0) is 35.8 Å². The number of hydrogen-bond donors (Lipinski definition) is 3. The maximum absolute atomic E-state index is 4.78. The summed E-state index contributed by atoms with van der Waals surface area (Å²) in [4.78, 5) is 14.0. The van der Waals surface area contributed by atoms with Crippen molar-refractivity contribution in [1.29, 1.82) is 0 Å². The second-order valence-corrected chi connectivity index (χ2v) is 8.32. The van der Waals surface area contributed by atoms with Crippen LogP contribution in [0.3, 0.4) is 0 Å². The van der Waals surface area contributed by atoms with Crippen LogP contribution >= 0.6 is 12.6 Å². The summed E-state index contributed by atoms with van der Waals surface area (Å²) in [5.74, 6) is 1.46. The van der Waals surface area contributed by atoms with E-state index in [9.17, 15) is 0 Å². The number of thiol groups is 1. The quantitative estimate of drug-likeness (QED) is 0.311. The first-order valence-electron chi connectivity index (χ1n) is 11.5. The van der Waals surface area contributed by atoms with Crippen molar-refractivity contribution in [1.82, 2.24) is 19.5 Å². The highest BCUT2D eigenvalue weighted by Gasteiger charge is 2.17. The van der Waals surface area contributed by atoms with Crippen molar-refractivity contribution in [3.05, 3.63) is 66.5 Å². The van der Waals surface area contributed by atoms with Crippen LogP contribution in [0.15, 0.2) is 60.9 Å². The largest absolute Gasteiger partial charge is 0.364 e. The van der Waals surface area contributed by atoms with Gasteiger partial charge in [0.05, 0.1) is 6.33 Å². The van der Waals surface area contributed by atoms with Gasteiger partial charge in [0.25, 0.3) is 0 Å². The van der Waals surface area contributed by atoms with Crippen LogP contribution in [0.25, 0.3) is 22.3 Å². The van der Waals surface area contributed by atoms with Gasteiger partial charge in [0, 0.05) is 19.6 Å². The van der Waals surface area contributed by atoms with Gasteiger partial charge in [0.2, 0.25) is 5.95 Å². The molecule has 0 aliphatic heterocycles. The van der Waals surface area contributed by atoms with E-state index in [0.717, 1.165) is 17.0 Å². The number of benzene rings is 2. The van der Waals surface area contributed by atoms with Gasteiger partial charge in [0.1, 0.15) is 0 Å². The SMILES string of the molecule is CS.Cn1cnc2c(NCc3ccc(-c4ccccc4)cc3)nc(NC3CCCCC3)nc21. The van der Waals surface area contributed by atoms with Gasteiger partial charge < -0.3 is 15.2 Å². The molecule has 1 aliphatic carbocycles. The fraction of sp³-hybridized carbons (Fsp3) is 0.346. The first kappa shape index (κ1) is 23.1. The van der Waals surface area contributed by atoms with Crippen LogP contribution in [0.5, 0.6) is 0 Å². The Bertz CT molecular complexity index is 1150. The van der Waals surface area contributed by atoms with E-state index in [4.69, 9.17) is 9.97 Å². The molecule has 33 heavy (non-hydrogen) atoms. The van der Waals surface area contributed by atoms with Crippen molar-refractivity contribution < 1.29 is 0 Å². The van der Waals surface area contributed by atoms with Crippen molar-refractivity contribution >= 4 is 35.6 Å². The molecule has 4 aromatic rings. The summed E-state index contributed by atoms with van der Waals surface area (Å²) in [6.45, 7) is 0.681. The first-order valence-corrected chi connectivity index (χ1v) is 12.4. The van der Waals surface area contributed by atoms with Crippen LogP contribution in [-0.4, -0.2) is 31.8 Å². The number of nitrogens with zero attached hydrogens (tertiary/aromatic N) is 4. The number of anilines is 2. The molecule has 1 saturated carbocycles. The van der Waals surface area contributed by atoms with E-state index in [2.05, 4.69) is 76.8 Å². The van der Waals surface area contributed by atoms with E-state index in [0.29, 0.717) is 18.5 Å². The molecular formula is C26H32N6S. The average Bonchev–Trinajstić information content (AvgIpc) is 3.26. The Morgan fingerprint density at radius 3 is 2.33 bits per heavy atom. The topological polar surface area (TPSA) is 67.7 Å². The Balaban J connectivity index is 0.00000126. The number of imidazole rings is 1. The lowest BCUT2D eigenvalue weighted by atomic mass is 9.96. The van der Waals surface area contributed by atoms with Crippen molar-refractivity contribution in [3.8, 4) is 11.1 Å². The molecule has 1 aliphatic rings. The molecule has 7 heteroatoms. The number of hydrogen-bond acceptors (Lipinski definition) is 6. The van der Waals surface area contributed by atoms with Crippen LogP contribution in [0.4, 0.5) is 11.8 Å². The van der Waals surface area contributed by atoms with Crippen molar-refractivity contribution in [2.45, 2.75) is 44.7 Å². The maximum Gasteiger partial charge on any atom is 0.227 e. The highest BCUT2D eigenvalue weighted by molar-refractivity contribution is 7.79. The standard InChI is InChI=1S/C25H28N6.CH4S/c1-31-17-27-22-23(29-25(30-24(22)31)28-21-10-6-3-7-11-21)26-16-18-12-14-20(15-13-18)19-8-4-2-5-9-19;1-2/h2,4-5,8-9,12-15,17,21H,3,6-7,10-11,16H2,1H3,(H2,26,28,29,30);2H,1H3. The minimum Gasteiger partial charge on any atom is -0.364 e. The first-order chi connectivity index (χ1) is 16.3. The Labute approximate surface area is 201 Å². The third-order valence-corrected chi connectivity index (χ3v) is 6.02. The number of nitrogens with one attached hydrogen (secondary N) is 2. The molecule has 2 aromatic heterocycles. The number of fused-ring (bicyclic) bond motifs is 1. The third-order valence-electron chi connectivity index (χ3n) is 6.02. The summed E-state index contributed by atoms with van der Waals surface area (Å²) in [6.07, 6.45) is 9.73. The average molecular weight is 461 g/mol. The number of rotatable bonds is 6. The predicted octanol–water partition coefficient (Wildman–Crippen LogP) is 5.93. The molecule has 0 amide bonds. The predicted molar refractivity (Wildman–Crippen MR) is 141 cm³/mol. The molecule has 6 nitrogen and oxygen atoms in total. The van der Waals surface area contributed by atoms with Crippen molar-refractivity contribution in [2.24, 2.45) is 7.05 Å². The van der Waals surface area contributed by atoms with Crippen LogP contribution in [0, 0.1) is 0 Å². The molecule has 2 N–H and O–H groups in total. The zero-order chi connectivity index (χ0) is 23.0. The minimum atomic E-state index is 0.456. The molecule has 0 spiro atoms. The van der Waals surface area contributed by atoms with Gasteiger partial charge in [-0.3, -0.25) is 0 Å². The molecule has 1 fully saturated rings. The lowest BCUT2D eigenvalue weighted by Crippen LogP contribution is -2.23. The molecule has 5 rings (SSSR count). The highest BCUT2D eigenvalue weighted by Crippen LogP contribution is 2.25. The third kappa shape index (κ3) is 5.66. The van der Waals surface area contributed by atoms with E-state index in [-0.39, 0.29) is 0 Å². The molecule has 172 valence electrons. The second kappa shape index (κ2) is 11.2. The lowest BCUT2D eigenvalue weighted by Gasteiger charge is -2.23. The van der Waals surface area contributed by atoms with Gasteiger partial charge >= 0.3 is 0 Å². The minimum absolute atomic E-state index is 0.456. The fourth-order valence-electron chi connectivity index (χ4n) is 4.26. The molecule has 0 bridgehead atoms. The molecule has 0 unspecified atom stereocenters. The maximum atomic E-state index is 4.78. The Kier molecular flexibility index (Phi) is 7.83. The summed E-state index contributed by atoms with van der Waals surface area (Å²) in [6, 6.07) is 19.5. The van der Waals surface area contributed by atoms with Crippen LogP contribution in [0.2, 0.25) is 0 Å². The van der Waals surface area contributed by atoms with Crippen molar-refractivity contribution in [3.63, 3.8) is 0 Å². The van der Waals surface area contributed by atoms with E-state index in [1.807, 2.05) is 17.7 Å². The zero-order valence-corrected chi connectivity index (χ0v) is 20.2. The van der Waals surface area contributed by atoms with Crippen LogP contribution in [0.1, 0.15) is 37.7 Å². The molecule has 0 atom stereocenters. The summed E-state index contributed by atoms with van der Waals surface area (Å²) in [5, 5.41) is 7.04. The molecule has 0 radical (unpaired) electrons. The second-order valence-electron chi connectivity index (χ2n) is 8.32. The van der Waals surface area contributed by atoms with E-state index >= 15 is 0 Å². The van der Waals surface area contributed by atoms with E-state index < -0.39 is 0 Å². The Morgan fingerprint density at radius 1 is 0.909 bits per heavy atom. The Morgan fingerprint density at radius 2 is 1.61 bits per heavy atom. The lowest BCUT2D eigenvalue weighted by molar-refractivity contribution is 0.461. The molecule has 2 aromatic carbocycles. The summed E-state index contributed by atoms with van der Waals surface area (Å²) >= 11 is 3.53. The Hall–Kier alpha value is -3.06. The zero-order valence-electron chi connectivity index (χ0n) is 19.3. The van der Waals surface area contributed by atoms with E-state index in [1.54, 1.807) is 12.6 Å². The monoisotopic (exact) mass is 460 g/mol. The van der Waals surface area contributed by atoms with E-state index in [1.165, 1.54) is 48.8 Å². The van der Waals surface area contributed by atoms with Gasteiger partial charge in [-0.2, -0.15) is 22.6 Å². The van der Waals surface area contributed by atoms with Crippen LogP contribution < -0.4 is 10.6 Å². The normalized spacial score (nSPS) is 13.9. The fourth-order valence-corrected chi connectivity index (χ4v) is 4.26. The van der Waals surface area contributed by atoms with Gasteiger partial charge in [-0.25, -0.2) is 4.98 Å². The summed E-state index contributed by atoms with van der Waals surface area (Å²) in [5.41, 5.74) is 5.29. The molecular weight excluding hydrogens is 428 g/mol. The van der Waals surface area contributed by atoms with Gasteiger partial charge in [0.15, 0.2) is 17.0 Å². The summed E-state index contributed by atoms with van der Waals surface area (Å²) < 4.78 is 1.95. The van der Waals surface area contributed by atoms with Crippen molar-refractivity contribution in [2.75, 3.05) is 16.9 Å². The molecule has 0 saturated heterocycles. The molecule has 2 heterocycles.